The SMILES string of the molecule is COc1ccccc1C=CC(=O)Nc1ccc(S(=O)(=O)[N-]c2cc(C)nc(C)n2)cc1. The van der Waals surface area contributed by atoms with E-state index >= 15 is 0 Å². The molecule has 1 N–H and O–H groups in total. The molecule has 0 atom stereocenters. The highest BCUT2D eigenvalue weighted by atomic mass is 32.2. The summed E-state index contributed by atoms with van der Waals surface area (Å²) in [4.78, 5) is 20.3. The molecule has 9 heteroatoms. The van der Waals surface area contributed by atoms with Gasteiger partial charge in [0.25, 0.3) is 0 Å². The van der Waals surface area contributed by atoms with Gasteiger partial charge in [-0.3, -0.25) is 9.78 Å². The van der Waals surface area contributed by atoms with Crippen LogP contribution in [-0.4, -0.2) is 31.4 Å². The minimum Gasteiger partial charge on any atom is -0.496 e. The van der Waals surface area contributed by atoms with Gasteiger partial charge in [0, 0.05) is 28.8 Å². The van der Waals surface area contributed by atoms with Crippen molar-refractivity contribution >= 4 is 33.5 Å². The van der Waals surface area contributed by atoms with E-state index in [9.17, 15) is 13.2 Å². The second kappa shape index (κ2) is 9.40. The molecule has 2 aromatic carbocycles. The number of anilines is 1. The van der Waals surface area contributed by atoms with Crippen molar-refractivity contribution in [1.29, 1.82) is 0 Å². The van der Waals surface area contributed by atoms with Crippen LogP contribution in [0.25, 0.3) is 10.8 Å². The van der Waals surface area contributed by atoms with E-state index in [1.165, 1.54) is 36.4 Å². The molecule has 0 saturated carbocycles. The Morgan fingerprint density at radius 1 is 1.06 bits per heavy atom. The Bertz CT molecular complexity index is 1200. The van der Waals surface area contributed by atoms with Crippen molar-refractivity contribution in [3.05, 3.63) is 82.5 Å². The number of methoxy groups -OCH3 is 1. The Labute approximate surface area is 181 Å². The van der Waals surface area contributed by atoms with Crippen LogP contribution in [0.1, 0.15) is 17.1 Å². The monoisotopic (exact) mass is 437 g/mol. The first-order valence-corrected chi connectivity index (χ1v) is 10.7. The second-order valence-corrected chi connectivity index (χ2v) is 8.17. The lowest BCUT2D eigenvalue weighted by Crippen LogP contribution is -2.08. The number of aryl methyl sites for hydroxylation is 2. The van der Waals surface area contributed by atoms with Gasteiger partial charge in [0.1, 0.15) is 5.75 Å². The molecule has 0 aliphatic rings. The van der Waals surface area contributed by atoms with E-state index in [0.717, 1.165) is 5.56 Å². The van der Waals surface area contributed by atoms with Crippen LogP contribution >= 0.6 is 0 Å². The van der Waals surface area contributed by atoms with E-state index in [4.69, 9.17) is 4.74 Å². The van der Waals surface area contributed by atoms with Gasteiger partial charge in [-0.15, -0.1) is 0 Å². The number of sulfonamides is 1. The number of aromatic nitrogens is 2. The molecular weight excluding hydrogens is 416 g/mol. The Kier molecular flexibility index (Phi) is 6.66. The van der Waals surface area contributed by atoms with Crippen LogP contribution in [0.15, 0.2) is 65.6 Å². The van der Waals surface area contributed by atoms with Crippen LogP contribution in [0.4, 0.5) is 11.5 Å². The van der Waals surface area contributed by atoms with Crippen molar-refractivity contribution in [2.75, 3.05) is 12.4 Å². The lowest BCUT2D eigenvalue weighted by molar-refractivity contribution is -0.111. The predicted octanol–water partition coefficient (Wildman–Crippen LogP) is 4.15. The van der Waals surface area contributed by atoms with Gasteiger partial charge >= 0.3 is 0 Å². The average molecular weight is 438 g/mol. The predicted molar refractivity (Wildman–Crippen MR) is 119 cm³/mol. The van der Waals surface area contributed by atoms with Crippen molar-refractivity contribution in [2.45, 2.75) is 18.7 Å². The average Bonchev–Trinajstić information content (AvgIpc) is 2.71. The van der Waals surface area contributed by atoms with Crippen molar-refractivity contribution in [1.82, 2.24) is 9.97 Å². The van der Waals surface area contributed by atoms with Gasteiger partial charge in [0.05, 0.1) is 12.0 Å². The summed E-state index contributed by atoms with van der Waals surface area (Å²) in [5, 5.41) is 2.68. The van der Waals surface area contributed by atoms with E-state index in [0.29, 0.717) is 23.0 Å². The number of hydrogen-bond donors (Lipinski definition) is 1. The maximum Gasteiger partial charge on any atom is 0.248 e. The van der Waals surface area contributed by atoms with Crippen LogP contribution in [0.2, 0.25) is 0 Å². The molecule has 0 fully saturated rings. The number of benzene rings is 2. The molecule has 0 unspecified atom stereocenters. The van der Waals surface area contributed by atoms with Gasteiger partial charge in [0.2, 0.25) is 15.9 Å². The summed E-state index contributed by atoms with van der Waals surface area (Å²) in [6.45, 7) is 3.40. The van der Waals surface area contributed by atoms with Crippen molar-refractivity contribution in [2.24, 2.45) is 0 Å². The van der Waals surface area contributed by atoms with Crippen LogP contribution in [0.5, 0.6) is 5.75 Å². The summed E-state index contributed by atoms with van der Waals surface area (Å²) in [6, 6.07) is 14.5. The zero-order chi connectivity index (χ0) is 22.4. The summed E-state index contributed by atoms with van der Waals surface area (Å²) in [6.07, 6.45) is 3.01. The highest BCUT2D eigenvalue weighted by Gasteiger charge is 2.10. The van der Waals surface area contributed by atoms with E-state index in [-0.39, 0.29) is 16.6 Å². The number of para-hydroxylation sites is 1. The zero-order valence-electron chi connectivity index (χ0n) is 17.2. The standard InChI is InChI=1S/C22H22N4O4S/c1-15-14-21(24-16(2)23-15)26-31(28,29)19-11-9-18(10-12-19)25-22(27)13-8-17-6-4-5-7-20(17)30-3/h4-14H,1-3H3,(H2,23,24,25,26,27)/p-1. The summed E-state index contributed by atoms with van der Waals surface area (Å²) >= 11 is 0. The lowest BCUT2D eigenvalue weighted by atomic mass is 10.2. The largest absolute Gasteiger partial charge is 0.496 e. The second-order valence-electron chi connectivity index (χ2n) is 6.57. The topological polar surface area (TPSA) is 112 Å². The molecule has 1 heterocycles. The van der Waals surface area contributed by atoms with E-state index in [2.05, 4.69) is 20.0 Å². The molecule has 3 rings (SSSR count). The minimum atomic E-state index is -3.95. The number of carbonyl (C=O) groups excluding carboxylic acids is 1. The Hall–Kier alpha value is -3.72. The van der Waals surface area contributed by atoms with Gasteiger partial charge in [0.15, 0.2) is 0 Å². The molecule has 3 aromatic rings. The molecule has 0 spiro atoms. The number of rotatable bonds is 7. The third kappa shape index (κ3) is 5.89. The molecule has 8 nitrogen and oxygen atoms in total. The highest BCUT2D eigenvalue weighted by molar-refractivity contribution is 7.94. The van der Waals surface area contributed by atoms with Gasteiger partial charge < -0.3 is 19.8 Å². The van der Waals surface area contributed by atoms with Crippen molar-refractivity contribution < 1.29 is 17.9 Å². The summed E-state index contributed by atoms with van der Waals surface area (Å²) in [7, 11) is -2.39. The van der Waals surface area contributed by atoms with Gasteiger partial charge in [-0.2, -0.15) is 0 Å². The van der Waals surface area contributed by atoms with E-state index in [1.807, 2.05) is 18.2 Å². The van der Waals surface area contributed by atoms with Gasteiger partial charge in [-0.25, -0.2) is 8.42 Å². The molecule has 1 amide bonds. The number of nitrogens with one attached hydrogen (secondary N) is 1. The van der Waals surface area contributed by atoms with Crippen molar-refractivity contribution in [3.63, 3.8) is 0 Å². The fraction of sp³-hybridized carbons (Fsp3) is 0.136. The summed E-state index contributed by atoms with van der Waals surface area (Å²) in [5.74, 6) is 0.800. The molecule has 1 aromatic heterocycles. The first-order valence-electron chi connectivity index (χ1n) is 9.29. The normalized spacial score (nSPS) is 11.3. The lowest BCUT2D eigenvalue weighted by Gasteiger charge is -2.17. The Morgan fingerprint density at radius 3 is 2.45 bits per heavy atom. The van der Waals surface area contributed by atoms with Crippen LogP contribution in [0, 0.1) is 13.8 Å². The van der Waals surface area contributed by atoms with Gasteiger partial charge in [-0.05, 0) is 62.1 Å². The zero-order valence-corrected chi connectivity index (χ0v) is 18.1. The molecule has 0 aliphatic carbocycles. The van der Waals surface area contributed by atoms with Crippen LogP contribution in [0.3, 0.4) is 0 Å². The fourth-order valence-electron chi connectivity index (χ4n) is 2.78. The number of amides is 1. The number of hydrogen-bond acceptors (Lipinski definition) is 6. The molecule has 31 heavy (non-hydrogen) atoms. The number of ether oxygens (including phenoxy) is 1. The first kappa shape index (κ1) is 22.0. The Balaban J connectivity index is 1.68. The van der Waals surface area contributed by atoms with Crippen LogP contribution in [-0.2, 0) is 14.8 Å². The van der Waals surface area contributed by atoms with Crippen LogP contribution < -0.4 is 10.1 Å². The highest BCUT2D eigenvalue weighted by Crippen LogP contribution is 2.27. The first-order chi connectivity index (χ1) is 14.8. The van der Waals surface area contributed by atoms with E-state index < -0.39 is 10.0 Å². The third-order valence-corrected chi connectivity index (χ3v) is 5.43. The fourth-order valence-corrected chi connectivity index (χ4v) is 3.71. The molecular formula is C22H21N4O4S-. The maximum atomic E-state index is 12.5. The smallest absolute Gasteiger partial charge is 0.248 e. The molecule has 0 aliphatic heterocycles. The quantitative estimate of drug-likeness (QED) is 0.556. The number of nitrogens with zero attached hydrogens (tertiary/aromatic N) is 3. The summed E-state index contributed by atoms with van der Waals surface area (Å²) < 4.78 is 34.1. The minimum absolute atomic E-state index is 0.0102. The molecule has 0 radical (unpaired) electrons. The number of carbonyl (C=O) groups is 1. The summed E-state index contributed by atoms with van der Waals surface area (Å²) in [5.41, 5.74) is 1.83. The van der Waals surface area contributed by atoms with Crippen molar-refractivity contribution in [3.8, 4) is 5.75 Å². The molecule has 0 saturated heterocycles. The Morgan fingerprint density at radius 2 is 1.77 bits per heavy atom. The molecule has 160 valence electrons. The maximum absolute atomic E-state index is 12.5. The van der Waals surface area contributed by atoms with Gasteiger partial charge in [-0.1, -0.05) is 18.2 Å². The molecule has 0 bridgehead atoms. The third-order valence-electron chi connectivity index (χ3n) is 4.14. The van der Waals surface area contributed by atoms with E-state index in [1.54, 1.807) is 33.1 Å².